The zero-order chi connectivity index (χ0) is 29.9. The van der Waals surface area contributed by atoms with Gasteiger partial charge in [0.15, 0.2) is 0 Å². The Hall–Kier alpha value is -2.64. The number of hydrogen-bond donors (Lipinski definition) is 4. The van der Waals surface area contributed by atoms with E-state index >= 15 is 0 Å². The molecule has 1 heterocycles. The van der Waals surface area contributed by atoms with Crippen molar-refractivity contribution in [1.29, 1.82) is 0 Å². The molecule has 0 unspecified atom stereocenters. The van der Waals surface area contributed by atoms with Crippen molar-refractivity contribution >= 4 is 48.5 Å². The van der Waals surface area contributed by atoms with E-state index in [1.54, 1.807) is 12.1 Å². The molecule has 12 heteroatoms. The molecule has 0 aliphatic rings. The molecule has 5 N–H and O–H groups in total. The van der Waals surface area contributed by atoms with Crippen LogP contribution in [-0.2, 0) is 22.2 Å². The lowest BCUT2D eigenvalue weighted by molar-refractivity contribution is 0.0946. The minimum atomic E-state index is -3.23. The Balaban J connectivity index is 0.000000280. The Morgan fingerprint density at radius 2 is 1.82 bits per heavy atom. The van der Waals surface area contributed by atoms with Gasteiger partial charge in [-0.3, -0.25) is 4.79 Å². The fourth-order valence-corrected chi connectivity index (χ4v) is 5.14. The first-order valence-corrected chi connectivity index (χ1v) is 15.7. The Labute approximate surface area is 246 Å². The Morgan fingerprint density at radius 1 is 1.12 bits per heavy atom. The topological polar surface area (TPSA) is 133 Å². The highest BCUT2D eigenvalue weighted by molar-refractivity contribution is 9.10. The molecule has 0 fully saturated rings. The summed E-state index contributed by atoms with van der Waals surface area (Å²) in [5, 5.41) is 4.00. The predicted molar refractivity (Wildman–Crippen MR) is 167 cm³/mol. The Kier molecular flexibility index (Phi) is 13.4. The number of nitrogens with two attached hydrogens (primary N) is 1. The number of hydrogen-bond acceptors (Lipinski definition) is 7. The van der Waals surface area contributed by atoms with Crippen molar-refractivity contribution in [3.63, 3.8) is 0 Å². The minimum absolute atomic E-state index is 0.0116. The number of aromatic amines is 1. The van der Waals surface area contributed by atoms with Crippen LogP contribution in [-0.4, -0.2) is 90.1 Å². The van der Waals surface area contributed by atoms with Crippen LogP contribution in [0.25, 0.3) is 10.9 Å². The predicted octanol–water partition coefficient (Wildman–Crippen LogP) is 3.43. The largest absolute Gasteiger partial charge is 0.496 e. The second-order valence-electron chi connectivity index (χ2n) is 9.57. The lowest BCUT2D eigenvalue weighted by Crippen LogP contribution is -2.34. The standard InChI is InChI=1S/C14H22BrN3O2.C14H21N3O2S/c1-4-18(5-2)7-6-17-14(19)10-8-11(15)12(16)9-13(10)20-3;1-15-20(18,19)10-11-4-5-14-13(8-11)12(9-16-14)6-7-17(2)3/h8-9H,4-7,16H2,1-3H3,(H,17,19);4-5,8-9,15-16H,6-7,10H2,1-3H3. The van der Waals surface area contributed by atoms with Crippen LogP contribution in [0.1, 0.15) is 35.3 Å². The van der Waals surface area contributed by atoms with Crippen LogP contribution in [0.5, 0.6) is 5.75 Å². The van der Waals surface area contributed by atoms with Gasteiger partial charge >= 0.3 is 0 Å². The molecule has 10 nitrogen and oxygen atoms in total. The number of sulfonamides is 1. The average Bonchev–Trinajstić information content (AvgIpc) is 3.33. The lowest BCUT2D eigenvalue weighted by Gasteiger charge is -2.18. The van der Waals surface area contributed by atoms with E-state index in [4.69, 9.17) is 10.5 Å². The van der Waals surface area contributed by atoms with Gasteiger partial charge in [-0.2, -0.15) is 0 Å². The quantitative estimate of drug-likeness (QED) is 0.211. The van der Waals surface area contributed by atoms with E-state index in [2.05, 4.69) is 54.6 Å². The molecule has 0 aliphatic carbocycles. The van der Waals surface area contributed by atoms with Gasteiger partial charge < -0.3 is 30.6 Å². The van der Waals surface area contributed by atoms with Crippen LogP contribution in [0.3, 0.4) is 0 Å². The SMILES string of the molecule is CCN(CC)CCNC(=O)c1cc(Br)c(N)cc1OC.CNS(=O)(=O)Cc1ccc2[nH]cc(CCN(C)C)c2c1. The summed E-state index contributed by atoms with van der Waals surface area (Å²) in [7, 11) is 3.81. The summed E-state index contributed by atoms with van der Waals surface area (Å²) in [4.78, 5) is 19.8. The van der Waals surface area contributed by atoms with Crippen LogP contribution in [0.15, 0.2) is 41.0 Å². The average molecular weight is 640 g/mol. The van der Waals surface area contributed by atoms with Gasteiger partial charge in [0.05, 0.1) is 18.4 Å². The number of nitrogens with zero attached hydrogens (tertiary/aromatic N) is 2. The lowest BCUT2D eigenvalue weighted by atomic mass is 10.1. The minimum Gasteiger partial charge on any atom is -0.496 e. The third-order valence-corrected chi connectivity index (χ3v) is 8.52. The van der Waals surface area contributed by atoms with E-state index in [0.29, 0.717) is 28.0 Å². The van der Waals surface area contributed by atoms with Gasteiger partial charge in [0.25, 0.3) is 5.91 Å². The van der Waals surface area contributed by atoms with Crippen molar-refractivity contribution in [3.05, 3.63) is 57.7 Å². The molecule has 0 radical (unpaired) electrons. The van der Waals surface area contributed by atoms with Crippen molar-refractivity contribution in [2.75, 3.05) is 66.7 Å². The van der Waals surface area contributed by atoms with Crippen molar-refractivity contribution in [3.8, 4) is 5.75 Å². The van der Waals surface area contributed by atoms with E-state index in [1.807, 2.05) is 38.5 Å². The number of nitrogen functional groups attached to an aromatic ring is 1. The Bertz CT molecular complexity index is 1360. The monoisotopic (exact) mass is 638 g/mol. The maximum atomic E-state index is 12.2. The molecule has 1 amide bonds. The van der Waals surface area contributed by atoms with Gasteiger partial charge in [0.1, 0.15) is 5.75 Å². The Morgan fingerprint density at radius 3 is 2.42 bits per heavy atom. The first kappa shape index (κ1) is 33.6. The van der Waals surface area contributed by atoms with Gasteiger partial charge in [-0.1, -0.05) is 19.9 Å². The third-order valence-electron chi connectivity index (χ3n) is 6.50. The van der Waals surface area contributed by atoms with Gasteiger partial charge in [-0.15, -0.1) is 0 Å². The number of nitrogens with one attached hydrogen (secondary N) is 3. The number of amides is 1. The number of carbonyl (C=O) groups is 1. The zero-order valence-electron chi connectivity index (χ0n) is 24.3. The van der Waals surface area contributed by atoms with E-state index < -0.39 is 10.0 Å². The number of rotatable bonds is 13. The molecule has 0 saturated heterocycles. The van der Waals surface area contributed by atoms with Gasteiger partial charge in [0, 0.05) is 53.0 Å². The second kappa shape index (κ2) is 16.0. The molecule has 3 aromatic rings. The number of aromatic nitrogens is 1. The van der Waals surface area contributed by atoms with Crippen molar-refractivity contribution in [1.82, 2.24) is 24.8 Å². The number of anilines is 1. The molecule has 0 aliphatic heterocycles. The summed E-state index contributed by atoms with van der Waals surface area (Å²) in [5.74, 6) is 0.332. The number of benzene rings is 2. The molecule has 3 rings (SSSR count). The highest BCUT2D eigenvalue weighted by Crippen LogP contribution is 2.29. The highest BCUT2D eigenvalue weighted by atomic mass is 79.9. The summed E-state index contributed by atoms with van der Waals surface area (Å²) < 4.78 is 31.5. The normalized spacial score (nSPS) is 11.5. The van der Waals surface area contributed by atoms with Gasteiger partial charge in [0.2, 0.25) is 10.0 Å². The summed E-state index contributed by atoms with van der Waals surface area (Å²) >= 11 is 3.32. The van der Waals surface area contributed by atoms with Crippen molar-refractivity contribution < 1.29 is 17.9 Å². The molecule has 1 aromatic heterocycles. The van der Waals surface area contributed by atoms with Crippen LogP contribution in [0, 0.1) is 0 Å². The maximum absolute atomic E-state index is 12.2. The molecule has 0 atom stereocenters. The first-order chi connectivity index (χ1) is 18.9. The molecule has 0 bridgehead atoms. The van der Waals surface area contributed by atoms with E-state index in [1.165, 1.54) is 19.7 Å². The smallest absolute Gasteiger partial charge is 0.255 e. The first-order valence-electron chi connectivity index (χ1n) is 13.2. The van der Waals surface area contributed by atoms with Crippen LogP contribution < -0.4 is 20.5 Å². The second-order valence-corrected chi connectivity index (χ2v) is 12.3. The molecular formula is C28H43BrN6O4S. The number of likely N-dealkylation sites (N-methyl/N-ethyl adjacent to an activating group) is 2. The third kappa shape index (κ3) is 10.1. The molecular weight excluding hydrogens is 596 g/mol. The van der Waals surface area contributed by atoms with E-state index in [-0.39, 0.29) is 11.7 Å². The van der Waals surface area contributed by atoms with Crippen LogP contribution >= 0.6 is 15.9 Å². The fraction of sp³-hybridized carbons (Fsp3) is 0.464. The number of halogens is 1. The molecule has 40 heavy (non-hydrogen) atoms. The summed E-state index contributed by atoms with van der Waals surface area (Å²) in [5.41, 5.74) is 9.87. The molecule has 222 valence electrons. The van der Waals surface area contributed by atoms with Crippen LogP contribution in [0.2, 0.25) is 0 Å². The molecule has 0 spiro atoms. The molecule has 2 aromatic carbocycles. The molecule has 0 saturated carbocycles. The summed E-state index contributed by atoms with van der Waals surface area (Å²) in [6.45, 7) is 8.55. The maximum Gasteiger partial charge on any atom is 0.255 e. The summed E-state index contributed by atoms with van der Waals surface area (Å²) in [6, 6.07) is 9.08. The highest BCUT2D eigenvalue weighted by Gasteiger charge is 2.15. The van der Waals surface area contributed by atoms with Gasteiger partial charge in [-0.05, 0) is 85.9 Å². The van der Waals surface area contributed by atoms with E-state index in [9.17, 15) is 13.2 Å². The number of fused-ring (bicyclic) bond motifs is 1. The zero-order valence-corrected chi connectivity index (χ0v) is 26.7. The van der Waals surface area contributed by atoms with Crippen molar-refractivity contribution in [2.45, 2.75) is 26.0 Å². The summed E-state index contributed by atoms with van der Waals surface area (Å²) in [6.07, 6.45) is 2.94. The van der Waals surface area contributed by atoms with Gasteiger partial charge in [-0.25, -0.2) is 13.1 Å². The number of methoxy groups -OCH3 is 1. The number of carbonyl (C=O) groups excluding carboxylic acids is 1. The van der Waals surface area contributed by atoms with Crippen molar-refractivity contribution in [2.24, 2.45) is 0 Å². The number of ether oxygens (including phenoxy) is 1. The van der Waals surface area contributed by atoms with Crippen LogP contribution in [0.4, 0.5) is 5.69 Å². The van der Waals surface area contributed by atoms with E-state index in [0.717, 1.165) is 49.1 Å². The number of H-pyrrole nitrogens is 1. The fourth-order valence-electron chi connectivity index (χ4n) is 4.04.